The van der Waals surface area contributed by atoms with Crippen molar-refractivity contribution < 1.29 is 4.74 Å². The molecular formula is C4H7NO. The van der Waals surface area contributed by atoms with Gasteiger partial charge in [-0.1, -0.05) is 0 Å². The van der Waals surface area contributed by atoms with Gasteiger partial charge in [0.1, 0.15) is 0 Å². The summed E-state index contributed by atoms with van der Waals surface area (Å²) in [7, 11) is 0. The van der Waals surface area contributed by atoms with E-state index in [0.717, 1.165) is 19.2 Å². The Bertz CT molecular complexity index is 55.9. The van der Waals surface area contributed by atoms with Crippen LogP contribution in [0.5, 0.6) is 0 Å². The van der Waals surface area contributed by atoms with E-state index < -0.39 is 0 Å². The zero-order chi connectivity index (χ0) is 3.98. The van der Waals surface area contributed by atoms with Crippen LogP contribution in [-0.4, -0.2) is 25.3 Å². The molecule has 0 aliphatic carbocycles. The van der Waals surface area contributed by atoms with Crippen LogP contribution < -0.4 is 5.32 Å². The first kappa shape index (κ1) is 2.99. The van der Waals surface area contributed by atoms with Crippen molar-refractivity contribution >= 4 is 0 Å². The van der Waals surface area contributed by atoms with Crippen molar-refractivity contribution in [2.24, 2.45) is 0 Å². The Kier molecular flexibility index (Phi) is 0.383. The normalized spacial score (nSPS) is 52.0. The summed E-state index contributed by atoms with van der Waals surface area (Å²) < 4.78 is 5.07. The first-order valence-electron chi connectivity index (χ1n) is 2.32. The Morgan fingerprint density at radius 3 is 2.50 bits per heavy atom. The SMILES string of the molecule is C1N[C@H]2COC12. The van der Waals surface area contributed by atoms with E-state index in [0.29, 0.717) is 6.10 Å². The summed E-state index contributed by atoms with van der Waals surface area (Å²) >= 11 is 0. The molecule has 2 aliphatic heterocycles. The molecule has 1 N–H and O–H groups in total. The Morgan fingerprint density at radius 2 is 2.50 bits per heavy atom. The van der Waals surface area contributed by atoms with E-state index in [2.05, 4.69) is 5.32 Å². The first-order valence-corrected chi connectivity index (χ1v) is 2.32. The van der Waals surface area contributed by atoms with Crippen molar-refractivity contribution in [1.82, 2.24) is 5.32 Å². The van der Waals surface area contributed by atoms with Crippen LogP contribution in [0.25, 0.3) is 0 Å². The van der Waals surface area contributed by atoms with Gasteiger partial charge < -0.3 is 10.1 Å². The van der Waals surface area contributed by atoms with Crippen molar-refractivity contribution in [3.05, 3.63) is 0 Å². The van der Waals surface area contributed by atoms with Crippen LogP contribution in [-0.2, 0) is 4.74 Å². The zero-order valence-electron chi connectivity index (χ0n) is 3.48. The predicted molar refractivity (Wildman–Crippen MR) is 21.5 cm³/mol. The number of morpholine rings is 1. The second kappa shape index (κ2) is 0.768. The van der Waals surface area contributed by atoms with Gasteiger partial charge in [0.05, 0.1) is 18.8 Å². The number of hydrogen-bond acceptors (Lipinski definition) is 2. The van der Waals surface area contributed by atoms with Gasteiger partial charge in [-0.25, -0.2) is 0 Å². The third-order valence-electron chi connectivity index (χ3n) is 1.52. The average Bonchev–Trinajstić information content (AvgIpc) is 1.54. The van der Waals surface area contributed by atoms with E-state index in [1.54, 1.807) is 0 Å². The lowest BCUT2D eigenvalue weighted by Crippen LogP contribution is -2.68. The van der Waals surface area contributed by atoms with Gasteiger partial charge in [0.15, 0.2) is 0 Å². The number of ether oxygens (including phenoxy) is 1. The highest BCUT2D eigenvalue weighted by atomic mass is 16.5. The Labute approximate surface area is 36.5 Å². The Morgan fingerprint density at radius 1 is 1.67 bits per heavy atom. The summed E-state index contributed by atoms with van der Waals surface area (Å²) in [6.45, 7) is 2.04. The topological polar surface area (TPSA) is 21.3 Å². The molecule has 6 heavy (non-hydrogen) atoms. The minimum atomic E-state index is 0.602. The van der Waals surface area contributed by atoms with Gasteiger partial charge >= 0.3 is 0 Å². The van der Waals surface area contributed by atoms with E-state index in [1.807, 2.05) is 0 Å². The highest BCUT2D eigenvalue weighted by Crippen LogP contribution is 2.18. The lowest BCUT2D eigenvalue weighted by molar-refractivity contribution is -0.135. The molecule has 0 radical (unpaired) electrons. The zero-order valence-corrected chi connectivity index (χ0v) is 3.48. The standard InChI is InChI=1S/C4H7NO/c1-4-3(5-1)2-6-4/h3-5H,1-2H2/t3-,4?/m0/s1. The predicted octanol–water partition coefficient (Wildman–Crippen LogP) is -0.643. The second-order valence-corrected chi connectivity index (χ2v) is 1.89. The van der Waals surface area contributed by atoms with Crippen molar-refractivity contribution in [2.45, 2.75) is 12.1 Å². The molecule has 0 aromatic heterocycles. The summed E-state index contributed by atoms with van der Waals surface area (Å²) in [5, 5.41) is 3.22. The molecule has 0 amide bonds. The smallest absolute Gasteiger partial charge is 0.0875 e. The Balaban J connectivity index is 2.03. The molecule has 1 unspecified atom stereocenters. The molecule has 0 aromatic carbocycles. The maximum atomic E-state index is 5.07. The van der Waals surface area contributed by atoms with Gasteiger partial charge in [0.25, 0.3) is 0 Å². The van der Waals surface area contributed by atoms with Crippen LogP contribution in [0, 0.1) is 0 Å². The van der Waals surface area contributed by atoms with Crippen molar-refractivity contribution in [3.63, 3.8) is 0 Å². The third kappa shape index (κ3) is 0.172. The monoisotopic (exact) mass is 85.1 g/mol. The summed E-state index contributed by atoms with van der Waals surface area (Å²) in [4.78, 5) is 0. The molecule has 0 bridgehead atoms. The fraction of sp³-hybridized carbons (Fsp3) is 1.00. The summed E-state index contributed by atoms with van der Waals surface area (Å²) in [5.41, 5.74) is 0. The average molecular weight is 85.1 g/mol. The maximum absolute atomic E-state index is 5.07. The minimum absolute atomic E-state index is 0.602. The molecule has 0 spiro atoms. The van der Waals surface area contributed by atoms with E-state index in [4.69, 9.17) is 4.74 Å². The maximum Gasteiger partial charge on any atom is 0.0875 e. The molecule has 2 aliphatic rings. The number of fused-ring (bicyclic) bond motifs is 1. The van der Waals surface area contributed by atoms with Gasteiger partial charge in [0, 0.05) is 6.54 Å². The molecule has 2 fully saturated rings. The van der Waals surface area contributed by atoms with Gasteiger partial charge in [-0.2, -0.15) is 0 Å². The number of hydrogen-bond donors (Lipinski definition) is 1. The largest absolute Gasteiger partial charge is 0.373 e. The van der Waals surface area contributed by atoms with Crippen LogP contribution in [0.2, 0.25) is 0 Å². The van der Waals surface area contributed by atoms with Crippen LogP contribution in [0.3, 0.4) is 0 Å². The highest BCUT2D eigenvalue weighted by Gasteiger charge is 2.39. The lowest BCUT2D eigenvalue weighted by Gasteiger charge is -2.46. The van der Waals surface area contributed by atoms with E-state index >= 15 is 0 Å². The fourth-order valence-corrected chi connectivity index (χ4v) is 0.827. The van der Waals surface area contributed by atoms with Crippen LogP contribution in [0.1, 0.15) is 0 Å². The molecule has 2 heteroatoms. The molecular weight excluding hydrogens is 78.0 g/mol. The molecule has 2 saturated heterocycles. The number of nitrogens with one attached hydrogen (secondary N) is 1. The molecule has 2 nitrogen and oxygen atoms in total. The van der Waals surface area contributed by atoms with Gasteiger partial charge in [-0.15, -0.1) is 0 Å². The molecule has 0 aromatic rings. The van der Waals surface area contributed by atoms with Crippen molar-refractivity contribution in [2.75, 3.05) is 13.2 Å². The summed E-state index contributed by atoms with van der Waals surface area (Å²) in [5.74, 6) is 0. The van der Waals surface area contributed by atoms with Crippen LogP contribution >= 0.6 is 0 Å². The summed E-state index contributed by atoms with van der Waals surface area (Å²) in [6.07, 6.45) is 0.602. The molecule has 2 rings (SSSR count). The minimum Gasteiger partial charge on any atom is -0.373 e. The molecule has 2 atom stereocenters. The molecule has 0 saturated carbocycles. The Hall–Kier alpha value is -0.0800. The van der Waals surface area contributed by atoms with E-state index in [-0.39, 0.29) is 0 Å². The van der Waals surface area contributed by atoms with E-state index in [1.165, 1.54) is 0 Å². The number of rotatable bonds is 0. The van der Waals surface area contributed by atoms with Gasteiger partial charge in [-0.3, -0.25) is 0 Å². The van der Waals surface area contributed by atoms with E-state index in [9.17, 15) is 0 Å². The lowest BCUT2D eigenvalue weighted by atomic mass is 9.99. The highest BCUT2D eigenvalue weighted by molar-refractivity contribution is 4.95. The van der Waals surface area contributed by atoms with Crippen LogP contribution in [0.15, 0.2) is 0 Å². The van der Waals surface area contributed by atoms with Gasteiger partial charge in [0.2, 0.25) is 0 Å². The second-order valence-electron chi connectivity index (χ2n) is 1.89. The fourth-order valence-electron chi connectivity index (χ4n) is 0.827. The summed E-state index contributed by atoms with van der Waals surface area (Å²) in [6, 6.07) is 0.741. The van der Waals surface area contributed by atoms with Crippen molar-refractivity contribution in [1.29, 1.82) is 0 Å². The molecule has 34 valence electrons. The van der Waals surface area contributed by atoms with Crippen LogP contribution in [0.4, 0.5) is 0 Å². The third-order valence-corrected chi connectivity index (χ3v) is 1.52. The van der Waals surface area contributed by atoms with Gasteiger partial charge in [-0.05, 0) is 0 Å². The quantitative estimate of drug-likeness (QED) is 0.422. The van der Waals surface area contributed by atoms with Crippen molar-refractivity contribution in [3.8, 4) is 0 Å². The molecule has 2 heterocycles. The first-order chi connectivity index (χ1) is 2.97.